The van der Waals surface area contributed by atoms with Crippen LogP contribution in [0.3, 0.4) is 0 Å². The van der Waals surface area contributed by atoms with Crippen LogP contribution in [0.4, 0.5) is 4.39 Å². The van der Waals surface area contributed by atoms with Crippen molar-refractivity contribution in [3.8, 4) is 11.3 Å². The summed E-state index contributed by atoms with van der Waals surface area (Å²) in [5.41, 5.74) is 0.746. The lowest BCUT2D eigenvalue weighted by atomic mass is 10.1. The summed E-state index contributed by atoms with van der Waals surface area (Å²) in [6.45, 7) is 3.87. The molecule has 1 unspecified atom stereocenters. The van der Waals surface area contributed by atoms with Gasteiger partial charge in [-0.2, -0.15) is 0 Å². The van der Waals surface area contributed by atoms with Gasteiger partial charge in [-0.3, -0.25) is 4.79 Å². The Balaban J connectivity index is 2.02. The minimum Gasteiger partial charge on any atom is -0.391 e. The van der Waals surface area contributed by atoms with E-state index in [4.69, 9.17) is 4.52 Å². The molecule has 6 heteroatoms. The van der Waals surface area contributed by atoms with E-state index < -0.39 is 12.0 Å². The molecule has 2 aromatic rings. The van der Waals surface area contributed by atoms with Crippen LogP contribution in [0.5, 0.6) is 0 Å². The summed E-state index contributed by atoms with van der Waals surface area (Å²) in [6, 6.07) is 7.16. The van der Waals surface area contributed by atoms with Gasteiger partial charge in [-0.05, 0) is 30.2 Å². The second kappa shape index (κ2) is 6.49. The molecule has 0 aliphatic rings. The molecule has 1 atom stereocenters. The number of hydrogen-bond donors (Lipinski definition) is 2. The average molecular weight is 292 g/mol. The predicted octanol–water partition coefficient (Wildman–Crippen LogP) is 2.23. The number of nitrogens with one attached hydrogen (secondary N) is 1. The highest BCUT2D eigenvalue weighted by Gasteiger charge is 2.16. The van der Waals surface area contributed by atoms with Gasteiger partial charge >= 0.3 is 0 Å². The smallest absolute Gasteiger partial charge is 0.273 e. The first kappa shape index (κ1) is 15.2. The normalized spacial score (nSPS) is 12.4. The fourth-order valence-electron chi connectivity index (χ4n) is 1.66. The van der Waals surface area contributed by atoms with Gasteiger partial charge in [0.1, 0.15) is 5.82 Å². The number of benzene rings is 1. The minimum absolute atomic E-state index is 0.0531. The summed E-state index contributed by atoms with van der Waals surface area (Å²) >= 11 is 0. The quantitative estimate of drug-likeness (QED) is 0.886. The maximum absolute atomic E-state index is 12.8. The molecule has 1 aromatic carbocycles. The Morgan fingerprint density at radius 1 is 1.38 bits per heavy atom. The first-order chi connectivity index (χ1) is 9.97. The van der Waals surface area contributed by atoms with Crippen LogP contribution in [-0.4, -0.2) is 28.8 Å². The molecule has 0 saturated carbocycles. The van der Waals surface area contributed by atoms with Crippen molar-refractivity contribution in [2.45, 2.75) is 20.0 Å². The summed E-state index contributed by atoms with van der Waals surface area (Å²) in [5, 5.41) is 15.9. The SMILES string of the molecule is CC(C)C(O)CNC(=O)c1cc(-c2ccc(F)cc2)on1. The molecule has 2 rings (SSSR count). The number of aliphatic hydroxyl groups is 1. The van der Waals surface area contributed by atoms with E-state index in [1.807, 2.05) is 13.8 Å². The monoisotopic (exact) mass is 292 g/mol. The van der Waals surface area contributed by atoms with Gasteiger partial charge in [-0.15, -0.1) is 0 Å². The highest BCUT2D eigenvalue weighted by molar-refractivity contribution is 5.93. The number of carbonyl (C=O) groups is 1. The van der Waals surface area contributed by atoms with Crippen LogP contribution in [-0.2, 0) is 0 Å². The van der Waals surface area contributed by atoms with Gasteiger partial charge in [-0.1, -0.05) is 19.0 Å². The Morgan fingerprint density at radius 3 is 2.67 bits per heavy atom. The van der Waals surface area contributed by atoms with Crippen LogP contribution in [0.25, 0.3) is 11.3 Å². The summed E-state index contributed by atoms with van der Waals surface area (Å²) < 4.78 is 17.9. The largest absolute Gasteiger partial charge is 0.391 e. The van der Waals surface area contributed by atoms with Crippen molar-refractivity contribution in [1.29, 1.82) is 0 Å². The molecule has 0 spiro atoms. The van der Waals surface area contributed by atoms with Crippen LogP contribution >= 0.6 is 0 Å². The summed E-state index contributed by atoms with van der Waals surface area (Å²) in [4.78, 5) is 11.9. The van der Waals surface area contributed by atoms with Gasteiger partial charge in [0.05, 0.1) is 6.10 Å². The third-order valence-corrected chi connectivity index (χ3v) is 3.11. The maximum atomic E-state index is 12.8. The van der Waals surface area contributed by atoms with E-state index in [1.165, 1.54) is 18.2 Å². The Hall–Kier alpha value is -2.21. The molecule has 5 nitrogen and oxygen atoms in total. The zero-order valence-electron chi connectivity index (χ0n) is 11.8. The van der Waals surface area contributed by atoms with E-state index in [-0.39, 0.29) is 24.0 Å². The van der Waals surface area contributed by atoms with E-state index in [0.717, 1.165) is 0 Å². The number of halogens is 1. The van der Waals surface area contributed by atoms with E-state index in [9.17, 15) is 14.3 Å². The zero-order valence-corrected chi connectivity index (χ0v) is 11.8. The van der Waals surface area contributed by atoms with Crippen molar-refractivity contribution in [3.63, 3.8) is 0 Å². The van der Waals surface area contributed by atoms with Crippen molar-refractivity contribution in [3.05, 3.63) is 41.8 Å². The highest BCUT2D eigenvalue weighted by atomic mass is 19.1. The molecule has 0 fully saturated rings. The zero-order chi connectivity index (χ0) is 15.4. The molecular weight excluding hydrogens is 275 g/mol. The van der Waals surface area contributed by atoms with Gasteiger partial charge in [0.15, 0.2) is 11.5 Å². The topological polar surface area (TPSA) is 75.4 Å². The fourth-order valence-corrected chi connectivity index (χ4v) is 1.66. The fraction of sp³-hybridized carbons (Fsp3) is 0.333. The Bertz CT molecular complexity index is 608. The third kappa shape index (κ3) is 3.88. The minimum atomic E-state index is -0.614. The van der Waals surface area contributed by atoms with Crippen LogP contribution in [0, 0.1) is 11.7 Å². The second-order valence-corrected chi connectivity index (χ2v) is 5.10. The molecular formula is C15H17FN2O3. The molecule has 1 heterocycles. The van der Waals surface area contributed by atoms with Crippen molar-refractivity contribution in [1.82, 2.24) is 10.5 Å². The first-order valence-corrected chi connectivity index (χ1v) is 6.66. The van der Waals surface area contributed by atoms with E-state index in [2.05, 4.69) is 10.5 Å². The highest BCUT2D eigenvalue weighted by Crippen LogP contribution is 2.20. The van der Waals surface area contributed by atoms with Gasteiger partial charge in [0, 0.05) is 18.2 Å². The second-order valence-electron chi connectivity index (χ2n) is 5.10. The molecule has 0 bridgehead atoms. The number of aromatic nitrogens is 1. The lowest BCUT2D eigenvalue weighted by Gasteiger charge is -2.14. The van der Waals surface area contributed by atoms with Crippen molar-refractivity contribution in [2.24, 2.45) is 5.92 Å². The standard InChI is InChI=1S/C15H17FN2O3/c1-9(2)13(19)8-17-15(20)12-7-14(21-18-12)10-3-5-11(16)6-4-10/h3-7,9,13,19H,8H2,1-2H3,(H,17,20). The Labute approximate surface area is 121 Å². The lowest BCUT2D eigenvalue weighted by Crippen LogP contribution is -2.34. The molecule has 0 radical (unpaired) electrons. The number of nitrogens with zero attached hydrogens (tertiary/aromatic N) is 1. The molecule has 2 N–H and O–H groups in total. The predicted molar refractivity (Wildman–Crippen MR) is 75.1 cm³/mol. The molecule has 0 aliphatic heterocycles. The van der Waals surface area contributed by atoms with E-state index in [1.54, 1.807) is 12.1 Å². The van der Waals surface area contributed by atoms with Gasteiger partial charge in [0.25, 0.3) is 5.91 Å². The first-order valence-electron chi connectivity index (χ1n) is 6.66. The van der Waals surface area contributed by atoms with Crippen molar-refractivity contribution >= 4 is 5.91 Å². The van der Waals surface area contributed by atoms with Crippen molar-refractivity contribution < 1.29 is 18.8 Å². The maximum Gasteiger partial charge on any atom is 0.273 e. The Kier molecular flexibility index (Phi) is 4.70. The van der Waals surface area contributed by atoms with Crippen LogP contribution in [0.1, 0.15) is 24.3 Å². The molecule has 1 aromatic heterocycles. The molecule has 112 valence electrons. The van der Waals surface area contributed by atoms with Gasteiger partial charge in [-0.25, -0.2) is 4.39 Å². The molecule has 1 amide bonds. The summed E-state index contributed by atoms with van der Waals surface area (Å²) in [5.74, 6) is -0.340. The number of carbonyl (C=O) groups excluding carboxylic acids is 1. The number of rotatable bonds is 5. The van der Waals surface area contributed by atoms with E-state index >= 15 is 0 Å². The third-order valence-electron chi connectivity index (χ3n) is 3.11. The molecule has 0 aliphatic carbocycles. The summed E-state index contributed by atoms with van der Waals surface area (Å²) in [7, 11) is 0. The summed E-state index contributed by atoms with van der Waals surface area (Å²) in [6.07, 6.45) is -0.614. The van der Waals surface area contributed by atoms with Crippen molar-refractivity contribution in [2.75, 3.05) is 6.54 Å². The average Bonchev–Trinajstić information content (AvgIpc) is 2.94. The number of amides is 1. The number of hydrogen-bond acceptors (Lipinski definition) is 4. The lowest BCUT2D eigenvalue weighted by molar-refractivity contribution is 0.0863. The molecule has 0 saturated heterocycles. The molecule has 21 heavy (non-hydrogen) atoms. The number of aliphatic hydroxyl groups excluding tert-OH is 1. The van der Waals surface area contributed by atoms with E-state index in [0.29, 0.717) is 11.3 Å². The van der Waals surface area contributed by atoms with Crippen LogP contribution < -0.4 is 5.32 Å². The van der Waals surface area contributed by atoms with Crippen LogP contribution in [0.2, 0.25) is 0 Å². The van der Waals surface area contributed by atoms with Gasteiger partial charge in [0.2, 0.25) is 0 Å². The van der Waals surface area contributed by atoms with Gasteiger partial charge < -0.3 is 14.9 Å². The Morgan fingerprint density at radius 2 is 2.05 bits per heavy atom. The van der Waals surface area contributed by atoms with Crippen LogP contribution in [0.15, 0.2) is 34.9 Å².